The summed E-state index contributed by atoms with van der Waals surface area (Å²) in [5.74, 6) is -3.82. The zero-order valence-corrected chi connectivity index (χ0v) is 9.24. The molecule has 1 rings (SSSR count). The molecule has 3 nitrogen and oxygen atoms in total. The molecule has 0 fully saturated rings. The number of Topliss-reactive ketones (excluding diaryl/α,β-unsaturated/α-hetero) is 1. The average molecular weight is 242 g/mol. The van der Waals surface area contributed by atoms with Crippen molar-refractivity contribution in [2.75, 3.05) is 0 Å². The minimum absolute atomic E-state index is 0.00261. The number of carboxylic acids is 1. The van der Waals surface area contributed by atoms with Crippen molar-refractivity contribution in [2.24, 2.45) is 5.92 Å². The summed E-state index contributed by atoms with van der Waals surface area (Å²) in [6, 6.07) is 2.89. The highest BCUT2D eigenvalue weighted by Gasteiger charge is 2.15. The quantitative estimate of drug-likeness (QED) is 0.807. The molecule has 0 radical (unpaired) electrons. The SMILES string of the molecule is CC(CC(=O)O)CC(=O)c1ccc(F)c(F)c1. The van der Waals surface area contributed by atoms with Crippen LogP contribution in [0.5, 0.6) is 0 Å². The molecule has 0 aliphatic heterocycles. The van der Waals surface area contributed by atoms with E-state index in [4.69, 9.17) is 5.11 Å². The summed E-state index contributed by atoms with van der Waals surface area (Å²) in [4.78, 5) is 22.0. The van der Waals surface area contributed by atoms with Gasteiger partial charge in [-0.25, -0.2) is 8.78 Å². The predicted molar refractivity (Wildman–Crippen MR) is 56.7 cm³/mol. The van der Waals surface area contributed by atoms with Crippen LogP contribution in [0.15, 0.2) is 18.2 Å². The molecule has 0 spiro atoms. The lowest BCUT2D eigenvalue weighted by molar-refractivity contribution is -0.137. The second kappa shape index (κ2) is 5.52. The van der Waals surface area contributed by atoms with Crippen LogP contribution in [0, 0.1) is 17.6 Å². The maximum Gasteiger partial charge on any atom is 0.303 e. The fraction of sp³-hybridized carbons (Fsp3) is 0.333. The van der Waals surface area contributed by atoms with E-state index in [1.165, 1.54) is 6.07 Å². The summed E-state index contributed by atoms with van der Waals surface area (Å²) in [5, 5.41) is 8.53. The number of benzene rings is 1. The Morgan fingerprint density at radius 1 is 1.24 bits per heavy atom. The van der Waals surface area contributed by atoms with Crippen LogP contribution in [0.2, 0.25) is 0 Å². The molecule has 92 valence electrons. The lowest BCUT2D eigenvalue weighted by Gasteiger charge is -2.07. The molecule has 0 saturated heterocycles. The first-order valence-corrected chi connectivity index (χ1v) is 5.10. The van der Waals surface area contributed by atoms with E-state index in [-0.39, 0.29) is 24.3 Å². The Morgan fingerprint density at radius 3 is 2.41 bits per heavy atom. The normalized spacial score (nSPS) is 12.2. The van der Waals surface area contributed by atoms with Crippen LogP contribution in [0.1, 0.15) is 30.1 Å². The molecular weight excluding hydrogens is 230 g/mol. The molecule has 1 N–H and O–H groups in total. The largest absolute Gasteiger partial charge is 0.481 e. The summed E-state index contributed by atoms with van der Waals surface area (Å²) < 4.78 is 25.5. The van der Waals surface area contributed by atoms with Gasteiger partial charge >= 0.3 is 5.97 Å². The Balaban J connectivity index is 2.70. The van der Waals surface area contributed by atoms with Gasteiger partial charge in [-0.3, -0.25) is 9.59 Å². The van der Waals surface area contributed by atoms with Crippen LogP contribution in [0.3, 0.4) is 0 Å². The standard InChI is InChI=1S/C12H12F2O3/c1-7(5-12(16)17)4-11(15)8-2-3-9(13)10(14)6-8/h2-3,6-7H,4-5H2,1H3,(H,16,17). The predicted octanol–water partition coefficient (Wildman–Crippen LogP) is 2.65. The molecule has 5 heteroatoms. The van der Waals surface area contributed by atoms with Crippen LogP contribution >= 0.6 is 0 Å². The summed E-state index contributed by atoms with van der Waals surface area (Å²) in [7, 11) is 0. The Hall–Kier alpha value is -1.78. The number of rotatable bonds is 5. The second-order valence-electron chi connectivity index (χ2n) is 3.96. The Labute approximate surface area is 97.1 Å². The first-order chi connectivity index (χ1) is 7.90. The topological polar surface area (TPSA) is 54.4 Å². The average Bonchev–Trinajstić information content (AvgIpc) is 2.20. The number of hydrogen-bond donors (Lipinski definition) is 1. The lowest BCUT2D eigenvalue weighted by Crippen LogP contribution is -2.10. The van der Waals surface area contributed by atoms with Crippen molar-refractivity contribution in [1.82, 2.24) is 0 Å². The molecule has 1 aromatic rings. The third-order valence-corrected chi connectivity index (χ3v) is 2.30. The van der Waals surface area contributed by atoms with E-state index in [9.17, 15) is 18.4 Å². The Morgan fingerprint density at radius 2 is 1.88 bits per heavy atom. The molecule has 0 heterocycles. The number of carbonyl (C=O) groups excluding carboxylic acids is 1. The van der Waals surface area contributed by atoms with E-state index in [2.05, 4.69) is 0 Å². The zero-order valence-electron chi connectivity index (χ0n) is 9.24. The highest BCUT2D eigenvalue weighted by molar-refractivity contribution is 5.96. The maximum atomic E-state index is 12.9. The minimum atomic E-state index is -1.08. The van der Waals surface area contributed by atoms with Gasteiger partial charge in [0, 0.05) is 18.4 Å². The first-order valence-electron chi connectivity index (χ1n) is 5.10. The van der Waals surface area contributed by atoms with E-state index in [1.54, 1.807) is 6.92 Å². The van der Waals surface area contributed by atoms with Crippen molar-refractivity contribution >= 4 is 11.8 Å². The van der Waals surface area contributed by atoms with Crippen LogP contribution in [0.4, 0.5) is 8.78 Å². The van der Waals surface area contributed by atoms with Gasteiger partial charge in [-0.2, -0.15) is 0 Å². The Bertz CT molecular complexity index is 443. The van der Waals surface area contributed by atoms with Crippen molar-refractivity contribution in [2.45, 2.75) is 19.8 Å². The highest BCUT2D eigenvalue weighted by atomic mass is 19.2. The molecule has 0 aliphatic carbocycles. The van der Waals surface area contributed by atoms with Gasteiger partial charge in [0.1, 0.15) is 0 Å². The van der Waals surface area contributed by atoms with Gasteiger partial charge in [0.25, 0.3) is 0 Å². The van der Waals surface area contributed by atoms with Crippen LogP contribution in [-0.4, -0.2) is 16.9 Å². The van der Waals surface area contributed by atoms with Gasteiger partial charge in [-0.05, 0) is 24.1 Å². The molecule has 17 heavy (non-hydrogen) atoms. The highest BCUT2D eigenvalue weighted by Crippen LogP contribution is 2.15. The van der Waals surface area contributed by atoms with Gasteiger partial charge in [-0.15, -0.1) is 0 Å². The fourth-order valence-electron chi connectivity index (χ4n) is 1.47. The van der Waals surface area contributed by atoms with E-state index >= 15 is 0 Å². The van der Waals surface area contributed by atoms with Crippen molar-refractivity contribution < 1.29 is 23.5 Å². The molecule has 0 aliphatic rings. The van der Waals surface area contributed by atoms with Crippen molar-refractivity contribution in [3.05, 3.63) is 35.4 Å². The number of hydrogen-bond acceptors (Lipinski definition) is 2. The van der Waals surface area contributed by atoms with Crippen LogP contribution < -0.4 is 0 Å². The van der Waals surface area contributed by atoms with E-state index in [0.717, 1.165) is 12.1 Å². The van der Waals surface area contributed by atoms with E-state index < -0.39 is 23.4 Å². The summed E-state index contributed by atoms with van der Waals surface area (Å²) in [6.45, 7) is 1.62. The summed E-state index contributed by atoms with van der Waals surface area (Å²) in [5.41, 5.74) is 0.0566. The maximum absolute atomic E-state index is 12.9. The third-order valence-electron chi connectivity index (χ3n) is 2.30. The van der Waals surface area contributed by atoms with Crippen molar-refractivity contribution in [3.63, 3.8) is 0 Å². The molecule has 0 saturated carbocycles. The van der Waals surface area contributed by atoms with Gasteiger partial charge in [0.15, 0.2) is 17.4 Å². The van der Waals surface area contributed by atoms with Crippen molar-refractivity contribution in [1.29, 1.82) is 0 Å². The van der Waals surface area contributed by atoms with Crippen LogP contribution in [0.25, 0.3) is 0 Å². The number of ketones is 1. The zero-order chi connectivity index (χ0) is 13.0. The van der Waals surface area contributed by atoms with Gasteiger partial charge < -0.3 is 5.11 Å². The van der Waals surface area contributed by atoms with E-state index in [1.807, 2.05) is 0 Å². The van der Waals surface area contributed by atoms with Gasteiger partial charge in [-0.1, -0.05) is 6.92 Å². The molecule has 0 bridgehead atoms. The first kappa shape index (κ1) is 13.3. The van der Waals surface area contributed by atoms with Gasteiger partial charge in [0.2, 0.25) is 0 Å². The van der Waals surface area contributed by atoms with Crippen LogP contribution in [-0.2, 0) is 4.79 Å². The monoisotopic (exact) mass is 242 g/mol. The summed E-state index contributed by atoms with van der Waals surface area (Å²) >= 11 is 0. The van der Waals surface area contributed by atoms with E-state index in [0.29, 0.717) is 0 Å². The number of carbonyl (C=O) groups is 2. The molecule has 0 aromatic heterocycles. The molecule has 1 unspecified atom stereocenters. The number of halogens is 2. The molecule has 1 aromatic carbocycles. The molecule has 0 amide bonds. The minimum Gasteiger partial charge on any atom is -0.481 e. The smallest absolute Gasteiger partial charge is 0.303 e. The molecular formula is C12H12F2O3. The van der Waals surface area contributed by atoms with Crippen molar-refractivity contribution in [3.8, 4) is 0 Å². The summed E-state index contributed by atoms with van der Waals surface area (Å²) in [6.07, 6.45) is -0.132. The van der Waals surface area contributed by atoms with Gasteiger partial charge in [0.05, 0.1) is 0 Å². The molecule has 1 atom stereocenters. The Kier molecular flexibility index (Phi) is 4.31. The number of carboxylic acid groups (broad SMARTS) is 1. The number of aliphatic carboxylic acids is 1. The lowest BCUT2D eigenvalue weighted by atomic mass is 9.97. The third kappa shape index (κ3) is 3.94. The fourth-order valence-corrected chi connectivity index (χ4v) is 1.47. The second-order valence-corrected chi connectivity index (χ2v) is 3.96.